The Morgan fingerprint density at radius 3 is 2.78 bits per heavy atom. The highest BCUT2D eigenvalue weighted by Crippen LogP contribution is 2.26. The second-order valence-corrected chi connectivity index (χ2v) is 7.64. The number of nitrogens with zero attached hydrogens (tertiary/aromatic N) is 5. The van der Waals surface area contributed by atoms with E-state index in [2.05, 4.69) is 35.3 Å². The van der Waals surface area contributed by atoms with Crippen molar-refractivity contribution < 1.29 is 4.79 Å². The van der Waals surface area contributed by atoms with E-state index >= 15 is 0 Å². The third-order valence-corrected chi connectivity index (χ3v) is 5.79. The zero-order chi connectivity index (χ0) is 18.5. The number of aromatic nitrogens is 4. The van der Waals surface area contributed by atoms with Gasteiger partial charge < -0.3 is 15.1 Å². The Morgan fingerprint density at radius 2 is 1.96 bits per heavy atom. The molecule has 2 aliphatic rings. The molecular weight excluding hydrogens is 342 g/mol. The zero-order valence-corrected chi connectivity index (χ0v) is 15.9. The number of rotatable bonds is 6. The molecule has 27 heavy (non-hydrogen) atoms. The lowest BCUT2D eigenvalue weighted by molar-refractivity contribution is -0.125. The van der Waals surface area contributed by atoms with Gasteiger partial charge in [0, 0.05) is 25.6 Å². The van der Waals surface area contributed by atoms with E-state index in [9.17, 15) is 4.79 Å². The molecule has 2 saturated heterocycles. The van der Waals surface area contributed by atoms with Crippen molar-refractivity contribution in [3.63, 3.8) is 0 Å². The van der Waals surface area contributed by atoms with Gasteiger partial charge in [0.15, 0.2) is 5.65 Å². The number of carbonyl (C=O) groups excluding carboxylic acids is 1. The van der Waals surface area contributed by atoms with Gasteiger partial charge in [-0.1, -0.05) is 6.42 Å². The fourth-order valence-corrected chi connectivity index (χ4v) is 4.20. The monoisotopic (exact) mass is 371 g/mol. The number of fused-ring (bicyclic) bond motifs is 1. The maximum Gasteiger partial charge on any atom is 0.223 e. The van der Waals surface area contributed by atoms with Crippen LogP contribution in [0, 0.1) is 5.92 Å². The molecule has 0 atom stereocenters. The van der Waals surface area contributed by atoms with Crippen LogP contribution in [0.25, 0.3) is 11.0 Å². The number of aromatic amines is 1. The number of hydrogen-bond acceptors (Lipinski definition) is 6. The number of H-pyrrole nitrogens is 1. The van der Waals surface area contributed by atoms with Gasteiger partial charge in [0.05, 0.1) is 11.6 Å². The van der Waals surface area contributed by atoms with Crippen LogP contribution in [-0.4, -0.2) is 70.2 Å². The highest BCUT2D eigenvalue weighted by Gasteiger charge is 2.26. The van der Waals surface area contributed by atoms with Crippen LogP contribution in [-0.2, 0) is 4.79 Å². The summed E-state index contributed by atoms with van der Waals surface area (Å²) in [5, 5.41) is 11.0. The topological polar surface area (TPSA) is 90.0 Å². The fourth-order valence-electron chi connectivity index (χ4n) is 4.20. The van der Waals surface area contributed by atoms with Gasteiger partial charge in [0.25, 0.3) is 0 Å². The highest BCUT2D eigenvalue weighted by atomic mass is 16.1. The molecule has 0 aliphatic carbocycles. The summed E-state index contributed by atoms with van der Waals surface area (Å²) in [6.07, 6.45) is 10.1. The quantitative estimate of drug-likeness (QED) is 0.749. The Labute approximate surface area is 159 Å². The molecule has 4 rings (SSSR count). The van der Waals surface area contributed by atoms with E-state index < -0.39 is 0 Å². The first-order chi connectivity index (χ1) is 13.3. The Kier molecular flexibility index (Phi) is 5.81. The molecule has 0 unspecified atom stereocenters. The van der Waals surface area contributed by atoms with Crippen molar-refractivity contribution in [3.05, 3.63) is 12.5 Å². The Morgan fingerprint density at radius 1 is 1.15 bits per heavy atom. The number of likely N-dealkylation sites (tertiary alicyclic amines) is 1. The van der Waals surface area contributed by atoms with Gasteiger partial charge in [0.2, 0.25) is 5.91 Å². The maximum atomic E-state index is 12.5. The summed E-state index contributed by atoms with van der Waals surface area (Å²) in [6, 6.07) is 0. The van der Waals surface area contributed by atoms with Gasteiger partial charge in [-0.2, -0.15) is 5.10 Å². The average Bonchev–Trinajstić information content (AvgIpc) is 3.21. The minimum Gasteiger partial charge on any atom is -0.356 e. The number of amides is 1. The first kappa shape index (κ1) is 18.2. The molecule has 2 aromatic heterocycles. The number of anilines is 1. The number of hydrogen-bond donors (Lipinski definition) is 2. The second kappa shape index (κ2) is 8.65. The number of nitrogens with one attached hydrogen (secondary N) is 2. The summed E-state index contributed by atoms with van der Waals surface area (Å²) in [6.45, 7) is 6.01. The molecule has 2 aromatic rings. The summed E-state index contributed by atoms with van der Waals surface area (Å²) in [5.74, 6) is 1.23. The first-order valence-corrected chi connectivity index (χ1v) is 10.2. The molecule has 2 fully saturated rings. The summed E-state index contributed by atoms with van der Waals surface area (Å²) in [4.78, 5) is 25.9. The van der Waals surface area contributed by atoms with E-state index in [1.165, 1.54) is 32.4 Å². The molecule has 2 N–H and O–H groups in total. The highest BCUT2D eigenvalue weighted by molar-refractivity contribution is 5.86. The van der Waals surface area contributed by atoms with E-state index in [1.807, 2.05) is 0 Å². The third kappa shape index (κ3) is 4.37. The summed E-state index contributed by atoms with van der Waals surface area (Å²) < 4.78 is 0. The van der Waals surface area contributed by atoms with E-state index in [0.29, 0.717) is 0 Å². The fraction of sp³-hybridized carbons (Fsp3) is 0.684. The second-order valence-electron chi connectivity index (χ2n) is 7.64. The van der Waals surface area contributed by atoms with Gasteiger partial charge in [-0.25, -0.2) is 9.97 Å². The van der Waals surface area contributed by atoms with Crippen molar-refractivity contribution in [1.82, 2.24) is 30.4 Å². The maximum absolute atomic E-state index is 12.5. The lowest BCUT2D eigenvalue weighted by atomic mass is 9.95. The molecule has 0 aromatic carbocycles. The van der Waals surface area contributed by atoms with E-state index in [-0.39, 0.29) is 11.8 Å². The largest absolute Gasteiger partial charge is 0.356 e. The van der Waals surface area contributed by atoms with Crippen LogP contribution in [0.1, 0.15) is 38.5 Å². The van der Waals surface area contributed by atoms with Crippen molar-refractivity contribution in [2.45, 2.75) is 38.5 Å². The molecule has 0 spiro atoms. The molecule has 0 bridgehead atoms. The van der Waals surface area contributed by atoms with Crippen molar-refractivity contribution in [2.24, 2.45) is 5.92 Å². The predicted octanol–water partition coefficient (Wildman–Crippen LogP) is 1.56. The Balaban J connectivity index is 1.20. The lowest BCUT2D eigenvalue weighted by Gasteiger charge is -2.32. The molecule has 8 nitrogen and oxygen atoms in total. The van der Waals surface area contributed by atoms with Crippen molar-refractivity contribution >= 4 is 22.8 Å². The molecule has 8 heteroatoms. The van der Waals surface area contributed by atoms with Gasteiger partial charge in [-0.3, -0.25) is 9.89 Å². The van der Waals surface area contributed by atoms with Crippen molar-refractivity contribution in [2.75, 3.05) is 44.2 Å². The third-order valence-electron chi connectivity index (χ3n) is 5.79. The minimum absolute atomic E-state index is 0.109. The van der Waals surface area contributed by atoms with Crippen LogP contribution in [0.3, 0.4) is 0 Å². The van der Waals surface area contributed by atoms with Gasteiger partial charge >= 0.3 is 0 Å². The van der Waals surface area contributed by atoms with Crippen LogP contribution in [0.15, 0.2) is 12.5 Å². The Bertz CT molecular complexity index is 747. The van der Waals surface area contributed by atoms with E-state index in [4.69, 9.17) is 0 Å². The van der Waals surface area contributed by atoms with E-state index in [0.717, 1.165) is 62.3 Å². The average molecular weight is 371 g/mol. The van der Waals surface area contributed by atoms with Crippen LogP contribution < -0.4 is 10.2 Å². The molecule has 0 saturated carbocycles. The normalized spacial score (nSPS) is 19.5. The summed E-state index contributed by atoms with van der Waals surface area (Å²) >= 11 is 0. The SMILES string of the molecule is O=C(NCCCN1CCCCC1)C1CCN(c2ncnc3[nH]ncc23)CC1. The molecule has 1 amide bonds. The van der Waals surface area contributed by atoms with E-state index in [1.54, 1.807) is 12.5 Å². The minimum atomic E-state index is 0.109. The van der Waals surface area contributed by atoms with Crippen molar-refractivity contribution in [3.8, 4) is 0 Å². The van der Waals surface area contributed by atoms with Crippen molar-refractivity contribution in [1.29, 1.82) is 0 Å². The molecule has 0 radical (unpaired) electrons. The van der Waals surface area contributed by atoms with Crippen LogP contribution in [0.2, 0.25) is 0 Å². The zero-order valence-electron chi connectivity index (χ0n) is 15.9. The van der Waals surface area contributed by atoms with Gasteiger partial charge in [0.1, 0.15) is 12.1 Å². The number of piperidine rings is 2. The van der Waals surface area contributed by atoms with Crippen LogP contribution >= 0.6 is 0 Å². The molecular formula is C19H29N7O. The predicted molar refractivity (Wildman–Crippen MR) is 105 cm³/mol. The standard InChI is InChI=1S/C19H29N7O/c27-19(20-7-4-10-25-8-2-1-3-9-25)15-5-11-26(12-6-15)18-16-13-23-24-17(16)21-14-22-18/h13-15H,1-12H2,(H,20,27)(H,21,22,23,24). The van der Waals surface area contributed by atoms with Gasteiger partial charge in [-0.15, -0.1) is 0 Å². The summed E-state index contributed by atoms with van der Waals surface area (Å²) in [7, 11) is 0. The Hall–Kier alpha value is -2.22. The van der Waals surface area contributed by atoms with Crippen LogP contribution in [0.4, 0.5) is 5.82 Å². The smallest absolute Gasteiger partial charge is 0.223 e. The lowest BCUT2D eigenvalue weighted by Crippen LogP contribution is -2.41. The van der Waals surface area contributed by atoms with Gasteiger partial charge in [-0.05, 0) is 51.7 Å². The summed E-state index contributed by atoms with van der Waals surface area (Å²) in [5.41, 5.74) is 0.758. The van der Waals surface area contributed by atoms with Crippen LogP contribution in [0.5, 0.6) is 0 Å². The number of carbonyl (C=O) groups is 1. The first-order valence-electron chi connectivity index (χ1n) is 10.2. The molecule has 2 aliphatic heterocycles. The molecule has 4 heterocycles. The molecule has 146 valence electrons.